The average molecular weight is 310 g/mol. The molecule has 0 saturated heterocycles. The summed E-state index contributed by atoms with van der Waals surface area (Å²) in [7, 11) is 0. The van der Waals surface area contributed by atoms with Crippen LogP contribution in [0.2, 0.25) is 10.0 Å². The Hall–Kier alpha value is -1.71. The zero-order valence-corrected chi connectivity index (χ0v) is 12.1. The predicted octanol–water partition coefficient (Wildman–Crippen LogP) is 3.80. The van der Waals surface area contributed by atoms with Crippen LogP contribution < -0.4 is 10.1 Å². The fourth-order valence-electron chi connectivity index (χ4n) is 1.62. The van der Waals surface area contributed by atoms with Gasteiger partial charge in [-0.05, 0) is 30.3 Å². The van der Waals surface area contributed by atoms with Crippen molar-refractivity contribution < 1.29 is 9.53 Å². The summed E-state index contributed by atoms with van der Waals surface area (Å²) in [6, 6.07) is 14.2. The molecule has 2 aromatic rings. The first kappa shape index (κ1) is 14.7. The van der Waals surface area contributed by atoms with Crippen LogP contribution in [0.1, 0.15) is 10.4 Å². The molecule has 2 rings (SSSR count). The minimum Gasteiger partial charge on any atom is -0.492 e. The highest BCUT2D eigenvalue weighted by molar-refractivity contribution is 6.36. The molecule has 0 aliphatic carbocycles. The third-order valence-corrected chi connectivity index (χ3v) is 3.12. The summed E-state index contributed by atoms with van der Waals surface area (Å²) in [5.74, 6) is 0.523. The van der Waals surface area contributed by atoms with Crippen LogP contribution in [0.5, 0.6) is 5.75 Å². The van der Waals surface area contributed by atoms with E-state index in [4.69, 9.17) is 27.9 Å². The summed E-state index contributed by atoms with van der Waals surface area (Å²) in [5.41, 5.74) is 0.399. The number of rotatable bonds is 5. The maximum absolute atomic E-state index is 11.9. The fraction of sp³-hybridized carbons (Fsp3) is 0.133. The van der Waals surface area contributed by atoms with E-state index in [0.717, 1.165) is 5.75 Å². The number of ether oxygens (including phenoxy) is 1. The topological polar surface area (TPSA) is 38.3 Å². The Labute approximate surface area is 127 Å². The second-order valence-electron chi connectivity index (χ2n) is 4.04. The van der Waals surface area contributed by atoms with Crippen molar-refractivity contribution in [3.8, 4) is 5.75 Å². The Morgan fingerprint density at radius 2 is 1.85 bits per heavy atom. The second-order valence-corrected chi connectivity index (χ2v) is 4.89. The maximum atomic E-state index is 11.9. The molecule has 0 aliphatic rings. The number of benzene rings is 2. The van der Waals surface area contributed by atoms with Gasteiger partial charge in [0.1, 0.15) is 12.4 Å². The second kappa shape index (κ2) is 7.17. The number of carbonyl (C=O) groups is 1. The van der Waals surface area contributed by atoms with Gasteiger partial charge in [-0.1, -0.05) is 41.4 Å². The lowest BCUT2D eigenvalue weighted by atomic mass is 10.2. The molecule has 0 atom stereocenters. The number of hydrogen-bond donors (Lipinski definition) is 1. The number of halogens is 2. The molecule has 0 saturated carbocycles. The lowest BCUT2D eigenvalue weighted by Crippen LogP contribution is -2.28. The van der Waals surface area contributed by atoms with Crippen LogP contribution >= 0.6 is 23.2 Å². The fourth-order valence-corrected chi connectivity index (χ4v) is 2.11. The van der Waals surface area contributed by atoms with E-state index in [1.807, 2.05) is 30.3 Å². The zero-order chi connectivity index (χ0) is 14.4. The number of carbonyl (C=O) groups excluding carboxylic acids is 1. The van der Waals surface area contributed by atoms with Crippen LogP contribution in [-0.2, 0) is 0 Å². The van der Waals surface area contributed by atoms with Gasteiger partial charge in [0, 0.05) is 5.02 Å². The molecule has 0 fully saturated rings. The largest absolute Gasteiger partial charge is 0.492 e. The molecule has 104 valence electrons. The quantitative estimate of drug-likeness (QED) is 0.853. The summed E-state index contributed by atoms with van der Waals surface area (Å²) < 4.78 is 5.47. The Kier molecular flexibility index (Phi) is 5.27. The van der Waals surface area contributed by atoms with Crippen molar-refractivity contribution in [3.63, 3.8) is 0 Å². The minimum absolute atomic E-state index is 0.247. The third-order valence-electron chi connectivity index (χ3n) is 2.58. The van der Waals surface area contributed by atoms with Crippen LogP contribution in [0.15, 0.2) is 48.5 Å². The summed E-state index contributed by atoms with van der Waals surface area (Å²) in [5, 5.41) is 3.57. The molecule has 0 bridgehead atoms. The van der Waals surface area contributed by atoms with Gasteiger partial charge in [-0.2, -0.15) is 0 Å². The monoisotopic (exact) mass is 309 g/mol. The Balaban J connectivity index is 1.80. The molecule has 5 heteroatoms. The van der Waals surface area contributed by atoms with Crippen molar-refractivity contribution in [3.05, 3.63) is 64.1 Å². The molecule has 0 aromatic heterocycles. The van der Waals surface area contributed by atoms with Gasteiger partial charge in [-0.15, -0.1) is 0 Å². The standard InChI is InChI=1S/C15H13Cl2NO2/c16-11-6-7-13(14(17)10-11)15(19)18-8-9-20-12-4-2-1-3-5-12/h1-7,10H,8-9H2,(H,18,19). The summed E-state index contributed by atoms with van der Waals surface area (Å²) in [6.45, 7) is 0.785. The average Bonchev–Trinajstić information content (AvgIpc) is 2.44. The van der Waals surface area contributed by atoms with E-state index in [1.165, 1.54) is 0 Å². The van der Waals surface area contributed by atoms with E-state index in [2.05, 4.69) is 5.32 Å². The first-order chi connectivity index (χ1) is 9.66. The van der Waals surface area contributed by atoms with Gasteiger partial charge in [0.25, 0.3) is 5.91 Å². The third kappa shape index (κ3) is 4.15. The molecule has 2 aromatic carbocycles. The highest BCUT2D eigenvalue weighted by Gasteiger charge is 2.09. The van der Waals surface area contributed by atoms with Gasteiger partial charge >= 0.3 is 0 Å². The molecule has 0 unspecified atom stereocenters. The molecule has 1 N–H and O–H groups in total. The van der Waals surface area contributed by atoms with Crippen molar-refractivity contribution in [2.24, 2.45) is 0 Å². The predicted molar refractivity (Wildman–Crippen MR) is 80.7 cm³/mol. The molecule has 20 heavy (non-hydrogen) atoms. The molecule has 0 spiro atoms. The first-order valence-electron chi connectivity index (χ1n) is 6.08. The highest BCUT2D eigenvalue weighted by atomic mass is 35.5. The smallest absolute Gasteiger partial charge is 0.252 e. The van der Waals surface area contributed by atoms with Gasteiger partial charge in [-0.25, -0.2) is 0 Å². The van der Waals surface area contributed by atoms with Crippen LogP contribution in [-0.4, -0.2) is 19.1 Å². The molecule has 0 aliphatic heterocycles. The number of amides is 1. The Bertz CT molecular complexity index is 588. The SMILES string of the molecule is O=C(NCCOc1ccccc1)c1ccc(Cl)cc1Cl. The number of hydrogen-bond acceptors (Lipinski definition) is 2. The van der Waals surface area contributed by atoms with Crippen molar-refractivity contribution in [2.75, 3.05) is 13.2 Å². The molecular weight excluding hydrogens is 297 g/mol. The molecule has 3 nitrogen and oxygen atoms in total. The van der Waals surface area contributed by atoms with E-state index in [9.17, 15) is 4.79 Å². The van der Waals surface area contributed by atoms with E-state index in [0.29, 0.717) is 28.8 Å². The van der Waals surface area contributed by atoms with Crippen LogP contribution in [0.3, 0.4) is 0 Å². The summed E-state index contributed by atoms with van der Waals surface area (Å²) in [6.07, 6.45) is 0. The van der Waals surface area contributed by atoms with Gasteiger partial charge in [0.15, 0.2) is 0 Å². The van der Waals surface area contributed by atoms with E-state index in [-0.39, 0.29) is 5.91 Å². The van der Waals surface area contributed by atoms with E-state index >= 15 is 0 Å². The lowest BCUT2D eigenvalue weighted by Gasteiger charge is -2.08. The van der Waals surface area contributed by atoms with Crippen molar-refractivity contribution in [2.45, 2.75) is 0 Å². The van der Waals surface area contributed by atoms with Crippen LogP contribution in [0.4, 0.5) is 0 Å². The van der Waals surface area contributed by atoms with Crippen LogP contribution in [0.25, 0.3) is 0 Å². The highest BCUT2D eigenvalue weighted by Crippen LogP contribution is 2.20. The summed E-state index contributed by atoms with van der Waals surface area (Å²) >= 11 is 11.7. The van der Waals surface area contributed by atoms with Gasteiger partial charge < -0.3 is 10.1 Å². The van der Waals surface area contributed by atoms with Gasteiger partial charge in [0.2, 0.25) is 0 Å². The molecular formula is C15H13Cl2NO2. The molecule has 1 amide bonds. The van der Waals surface area contributed by atoms with E-state index in [1.54, 1.807) is 18.2 Å². The number of para-hydroxylation sites is 1. The lowest BCUT2D eigenvalue weighted by molar-refractivity contribution is 0.0947. The Morgan fingerprint density at radius 3 is 2.55 bits per heavy atom. The van der Waals surface area contributed by atoms with Crippen molar-refractivity contribution in [1.82, 2.24) is 5.32 Å². The van der Waals surface area contributed by atoms with E-state index < -0.39 is 0 Å². The normalized spacial score (nSPS) is 10.1. The van der Waals surface area contributed by atoms with Crippen LogP contribution in [0, 0.1) is 0 Å². The van der Waals surface area contributed by atoms with Crippen molar-refractivity contribution in [1.29, 1.82) is 0 Å². The van der Waals surface area contributed by atoms with Gasteiger partial charge in [0.05, 0.1) is 17.1 Å². The minimum atomic E-state index is -0.247. The molecule has 0 radical (unpaired) electrons. The summed E-state index contributed by atoms with van der Waals surface area (Å²) in [4.78, 5) is 11.9. The van der Waals surface area contributed by atoms with Crippen molar-refractivity contribution >= 4 is 29.1 Å². The maximum Gasteiger partial charge on any atom is 0.252 e. The zero-order valence-electron chi connectivity index (χ0n) is 10.6. The first-order valence-corrected chi connectivity index (χ1v) is 6.83. The van der Waals surface area contributed by atoms with Gasteiger partial charge in [-0.3, -0.25) is 4.79 Å². The number of nitrogens with one attached hydrogen (secondary N) is 1. The molecule has 0 heterocycles. The Morgan fingerprint density at radius 1 is 1.10 bits per heavy atom.